The number of Topliss-reactive ketones (excluding diaryl/α,β-unsaturated/α-hetero) is 1. The molecule has 0 aromatic rings. The van der Waals surface area contributed by atoms with E-state index >= 15 is 0 Å². The summed E-state index contributed by atoms with van der Waals surface area (Å²) < 4.78 is 0. The molecule has 0 saturated carbocycles. The second kappa shape index (κ2) is 3.07. The molecule has 3 nitrogen and oxygen atoms in total. The summed E-state index contributed by atoms with van der Waals surface area (Å²) in [5.74, 6) is 0.245. The minimum absolute atomic E-state index is 0.245. The largest absolute Gasteiger partial charge is 0.313 e. The van der Waals surface area contributed by atoms with Crippen molar-refractivity contribution in [2.24, 2.45) is 0 Å². The van der Waals surface area contributed by atoms with Gasteiger partial charge in [0.2, 0.25) is 0 Å². The van der Waals surface area contributed by atoms with E-state index in [1.54, 1.807) is 0 Å². The Balaban J connectivity index is 2.94. The van der Waals surface area contributed by atoms with Crippen LogP contribution in [0.5, 0.6) is 0 Å². The third-order valence-electron chi connectivity index (χ3n) is 2.79. The SMILES string of the molecule is CC1(C)CCC(=O)CC(C)(C)N1O. The Morgan fingerprint density at radius 1 is 1.23 bits per heavy atom. The Morgan fingerprint density at radius 2 is 1.77 bits per heavy atom. The van der Waals surface area contributed by atoms with Gasteiger partial charge in [0, 0.05) is 23.9 Å². The second-order valence-electron chi connectivity index (χ2n) is 5.15. The summed E-state index contributed by atoms with van der Waals surface area (Å²) in [5.41, 5.74) is -0.729. The zero-order valence-electron chi connectivity index (χ0n) is 8.92. The van der Waals surface area contributed by atoms with Crippen LogP contribution in [0.1, 0.15) is 47.0 Å². The Hall–Kier alpha value is -0.410. The van der Waals surface area contributed by atoms with Crippen molar-refractivity contribution in [3.8, 4) is 0 Å². The topological polar surface area (TPSA) is 40.5 Å². The highest BCUT2D eigenvalue weighted by atomic mass is 16.5. The van der Waals surface area contributed by atoms with E-state index in [4.69, 9.17) is 0 Å². The first-order chi connectivity index (χ1) is 5.76. The van der Waals surface area contributed by atoms with Crippen molar-refractivity contribution in [1.29, 1.82) is 0 Å². The van der Waals surface area contributed by atoms with Crippen molar-refractivity contribution in [1.82, 2.24) is 5.06 Å². The van der Waals surface area contributed by atoms with Crippen LogP contribution in [0.25, 0.3) is 0 Å². The standard InChI is InChI=1S/C10H19NO2/c1-9(2)6-5-8(12)7-10(3,4)11(9)13/h13H,5-7H2,1-4H3. The Labute approximate surface area is 79.7 Å². The van der Waals surface area contributed by atoms with E-state index in [9.17, 15) is 10.0 Å². The lowest BCUT2D eigenvalue weighted by atomic mass is 9.95. The Bertz CT molecular complexity index is 221. The quantitative estimate of drug-likeness (QED) is 0.627. The fraction of sp³-hybridized carbons (Fsp3) is 0.900. The summed E-state index contributed by atoms with van der Waals surface area (Å²) in [4.78, 5) is 11.4. The molecule has 0 atom stereocenters. The molecule has 0 aliphatic carbocycles. The number of nitrogens with zero attached hydrogens (tertiary/aromatic N) is 1. The van der Waals surface area contributed by atoms with Gasteiger partial charge in [-0.05, 0) is 34.1 Å². The molecule has 0 unspecified atom stereocenters. The predicted molar refractivity (Wildman–Crippen MR) is 50.6 cm³/mol. The minimum atomic E-state index is -0.433. The summed E-state index contributed by atoms with van der Waals surface area (Å²) >= 11 is 0. The third-order valence-corrected chi connectivity index (χ3v) is 2.79. The minimum Gasteiger partial charge on any atom is -0.313 e. The molecule has 76 valence electrons. The molecule has 1 aliphatic heterocycles. The summed E-state index contributed by atoms with van der Waals surface area (Å²) in [6.45, 7) is 7.73. The van der Waals surface area contributed by atoms with Gasteiger partial charge in [-0.25, -0.2) is 0 Å². The van der Waals surface area contributed by atoms with E-state index < -0.39 is 5.54 Å². The smallest absolute Gasteiger partial charge is 0.134 e. The van der Waals surface area contributed by atoms with Crippen LogP contribution < -0.4 is 0 Å². The normalized spacial score (nSPS) is 28.5. The van der Waals surface area contributed by atoms with Gasteiger partial charge >= 0.3 is 0 Å². The van der Waals surface area contributed by atoms with Crippen molar-refractivity contribution in [3.63, 3.8) is 0 Å². The number of carbonyl (C=O) groups excluding carboxylic acids is 1. The molecular weight excluding hydrogens is 166 g/mol. The van der Waals surface area contributed by atoms with Gasteiger partial charge in [0.25, 0.3) is 0 Å². The number of hydroxylamine groups is 2. The molecule has 1 heterocycles. The summed E-state index contributed by atoms with van der Waals surface area (Å²) in [6, 6.07) is 0. The second-order valence-corrected chi connectivity index (χ2v) is 5.15. The maximum Gasteiger partial charge on any atom is 0.134 e. The third kappa shape index (κ3) is 2.09. The van der Waals surface area contributed by atoms with Crippen molar-refractivity contribution in [2.45, 2.75) is 58.0 Å². The van der Waals surface area contributed by atoms with Crippen LogP contribution >= 0.6 is 0 Å². The zero-order chi connectivity index (χ0) is 10.3. The monoisotopic (exact) mass is 185 g/mol. The van der Waals surface area contributed by atoms with Crippen LogP contribution in [0.2, 0.25) is 0 Å². The van der Waals surface area contributed by atoms with Gasteiger partial charge in [-0.2, -0.15) is 5.06 Å². The van der Waals surface area contributed by atoms with E-state index in [0.717, 1.165) is 6.42 Å². The predicted octanol–water partition coefficient (Wildman–Crippen LogP) is 1.99. The van der Waals surface area contributed by atoms with Crippen LogP contribution in [0.3, 0.4) is 0 Å². The maximum absolute atomic E-state index is 11.4. The van der Waals surface area contributed by atoms with Crippen LogP contribution in [0.15, 0.2) is 0 Å². The number of hydrogen-bond donors (Lipinski definition) is 1. The van der Waals surface area contributed by atoms with Gasteiger partial charge in [0.15, 0.2) is 0 Å². The van der Waals surface area contributed by atoms with E-state index in [1.807, 2.05) is 27.7 Å². The van der Waals surface area contributed by atoms with E-state index in [0.29, 0.717) is 12.8 Å². The van der Waals surface area contributed by atoms with Crippen LogP contribution in [-0.2, 0) is 4.79 Å². The molecule has 1 N–H and O–H groups in total. The van der Waals surface area contributed by atoms with Crippen LogP contribution in [0, 0.1) is 0 Å². The molecule has 3 heteroatoms. The van der Waals surface area contributed by atoms with Crippen molar-refractivity contribution >= 4 is 5.78 Å². The van der Waals surface area contributed by atoms with E-state index in [-0.39, 0.29) is 11.3 Å². The van der Waals surface area contributed by atoms with Crippen LogP contribution in [0.4, 0.5) is 0 Å². The summed E-state index contributed by atoms with van der Waals surface area (Å²) in [7, 11) is 0. The van der Waals surface area contributed by atoms with Gasteiger partial charge in [0.05, 0.1) is 0 Å². The first-order valence-electron chi connectivity index (χ1n) is 4.77. The fourth-order valence-corrected chi connectivity index (χ4v) is 2.02. The first kappa shape index (κ1) is 10.7. The van der Waals surface area contributed by atoms with Crippen molar-refractivity contribution in [2.75, 3.05) is 0 Å². The summed E-state index contributed by atoms with van der Waals surface area (Å²) in [6.07, 6.45) is 1.74. The van der Waals surface area contributed by atoms with Gasteiger partial charge in [0.1, 0.15) is 5.78 Å². The van der Waals surface area contributed by atoms with Crippen molar-refractivity contribution < 1.29 is 10.0 Å². The highest BCUT2D eigenvalue weighted by molar-refractivity contribution is 5.79. The maximum atomic E-state index is 11.4. The lowest BCUT2D eigenvalue weighted by Crippen LogP contribution is -2.52. The van der Waals surface area contributed by atoms with Crippen LogP contribution in [-0.4, -0.2) is 27.1 Å². The number of hydrogen-bond acceptors (Lipinski definition) is 3. The van der Waals surface area contributed by atoms with E-state index in [2.05, 4.69) is 0 Å². The zero-order valence-corrected chi connectivity index (χ0v) is 8.92. The lowest BCUT2D eigenvalue weighted by molar-refractivity contribution is -0.220. The van der Waals surface area contributed by atoms with Gasteiger partial charge < -0.3 is 5.21 Å². The molecule has 0 spiro atoms. The lowest BCUT2D eigenvalue weighted by Gasteiger charge is -2.41. The number of carbonyl (C=O) groups is 1. The first-order valence-corrected chi connectivity index (χ1v) is 4.77. The molecule has 1 rings (SSSR count). The highest BCUT2D eigenvalue weighted by Gasteiger charge is 2.41. The molecule has 1 saturated heterocycles. The number of rotatable bonds is 0. The van der Waals surface area contributed by atoms with Crippen molar-refractivity contribution in [3.05, 3.63) is 0 Å². The molecule has 0 amide bonds. The van der Waals surface area contributed by atoms with Gasteiger partial charge in [-0.3, -0.25) is 4.79 Å². The molecule has 1 aliphatic rings. The highest BCUT2D eigenvalue weighted by Crippen LogP contribution is 2.33. The molecule has 13 heavy (non-hydrogen) atoms. The summed E-state index contributed by atoms with van der Waals surface area (Å²) in [5, 5.41) is 11.3. The van der Waals surface area contributed by atoms with E-state index in [1.165, 1.54) is 5.06 Å². The molecule has 0 aromatic carbocycles. The average molecular weight is 185 g/mol. The number of ketones is 1. The molecule has 0 bridgehead atoms. The van der Waals surface area contributed by atoms with Gasteiger partial charge in [-0.1, -0.05) is 0 Å². The molecule has 1 fully saturated rings. The Kier molecular flexibility index (Phi) is 2.52. The molecule has 0 aromatic heterocycles. The molecule has 0 radical (unpaired) electrons. The van der Waals surface area contributed by atoms with Gasteiger partial charge in [-0.15, -0.1) is 0 Å². The Morgan fingerprint density at radius 3 is 2.31 bits per heavy atom. The fourth-order valence-electron chi connectivity index (χ4n) is 2.02. The molecular formula is C10H19NO2. The average Bonchev–Trinajstić information content (AvgIpc) is 2.03.